The average Bonchev–Trinajstić information content (AvgIpc) is 3.26. The highest BCUT2D eigenvalue weighted by molar-refractivity contribution is 7.98. The van der Waals surface area contributed by atoms with Crippen molar-refractivity contribution in [2.45, 2.75) is 30.2 Å². The number of fused-ring (bicyclic) bond motifs is 1. The van der Waals surface area contributed by atoms with E-state index in [1.165, 1.54) is 12.1 Å². The molecule has 4 nitrogen and oxygen atoms in total. The number of carboxylic acid groups (broad SMARTS) is 1. The van der Waals surface area contributed by atoms with Crippen molar-refractivity contribution in [3.63, 3.8) is 0 Å². The minimum atomic E-state index is -4.36. The number of aromatic nitrogens is 1. The van der Waals surface area contributed by atoms with Gasteiger partial charge in [-0.05, 0) is 65.6 Å². The predicted molar refractivity (Wildman–Crippen MR) is 127 cm³/mol. The molecule has 0 spiro atoms. The van der Waals surface area contributed by atoms with Crippen LogP contribution in [0, 0.1) is 0 Å². The molecule has 4 aromatic rings. The summed E-state index contributed by atoms with van der Waals surface area (Å²) in [6, 6.07) is 18.7. The average molecular weight is 486 g/mol. The molecule has 0 fully saturated rings. The molecule has 0 amide bonds. The zero-order valence-corrected chi connectivity index (χ0v) is 19.1. The first kappa shape index (κ1) is 23.8. The fourth-order valence-electron chi connectivity index (χ4n) is 3.70. The van der Waals surface area contributed by atoms with Crippen molar-refractivity contribution in [2.24, 2.45) is 0 Å². The second kappa shape index (κ2) is 9.85. The first-order valence-corrected chi connectivity index (χ1v) is 11.6. The molecule has 0 saturated carbocycles. The predicted octanol–water partition coefficient (Wildman–Crippen LogP) is 7.17. The smallest absolute Gasteiger partial charge is 0.416 e. The van der Waals surface area contributed by atoms with E-state index in [2.05, 4.69) is 4.98 Å². The maximum Gasteiger partial charge on any atom is 0.416 e. The van der Waals surface area contributed by atoms with Gasteiger partial charge in [0.2, 0.25) is 0 Å². The Morgan fingerprint density at radius 1 is 1.03 bits per heavy atom. The van der Waals surface area contributed by atoms with Gasteiger partial charge in [0, 0.05) is 27.2 Å². The Bertz CT molecular complexity index is 1310. The molecule has 0 unspecified atom stereocenters. The number of nitrogens with one attached hydrogen (secondary N) is 1. The van der Waals surface area contributed by atoms with Crippen LogP contribution in [0.15, 0.2) is 71.6 Å². The number of hydrogen-bond acceptors (Lipinski definition) is 3. The van der Waals surface area contributed by atoms with E-state index in [1.54, 1.807) is 17.8 Å². The number of aliphatic carboxylic acids is 1. The van der Waals surface area contributed by atoms with Crippen LogP contribution in [0.25, 0.3) is 22.2 Å². The van der Waals surface area contributed by atoms with Gasteiger partial charge < -0.3 is 14.8 Å². The quantitative estimate of drug-likeness (QED) is 0.260. The third-order valence-electron chi connectivity index (χ3n) is 5.44. The number of halogens is 3. The number of rotatable bonds is 8. The summed E-state index contributed by atoms with van der Waals surface area (Å²) in [5, 5.41) is 9.85. The normalized spacial score (nSPS) is 11.6. The van der Waals surface area contributed by atoms with Gasteiger partial charge in [-0.1, -0.05) is 31.2 Å². The van der Waals surface area contributed by atoms with Crippen molar-refractivity contribution in [3.8, 4) is 17.0 Å². The zero-order valence-electron chi connectivity index (χ0n) is 18.3. The van der Waals surface area contributed by atoms with Crippen molar-refractivity contribution in [3.05, 3.63) is 83.4 Å². The maximum atomic E-state index is 12.9. The van der Waals surface area contributed by atoms with Gasteiger partial charge in [-0.2, -0.15) is 13.2 Å². The molecule has 8 heteroatoms. The Labute approximate surface area is 198 Å². The van der Waals surface area contributed by atoms with E-state index >= 15 is 0 Å². The maximum absolute atomic E-state index is 12.9. The summed E-state index contributed by atoms with van der Waals surface area (Å²) < 4.78 is 44.0. The van der Waals surface area contributed by atoms with E-state index in [1.807, 2.05) is 43.3 Å². The fraction of sp³-hybridized carbons (Fsp3) is 0.192. The Kier molecular flexibility index (Phi) is 6.88. The number of thioether (sulfide) groups is 1. The van der Waals surface area contributed by atoms with Crippen LogP contribution in [0.2, 0.25) is 0 Å². The highest BCUT2D eigenvalue weighted by Crippen LogP contribution is 2.34. The third kappa shape index (κ3) is 5.39. The summed E-state index contributed by atoms with van der Waals surface area (Å²) in [6.45, 7) is 1.61. The Hall–Kier alpha value is -3.39. The van der Waals surface area contributed by atoms with Gasteiger partial charge in [0.1, 0.15) is 5.75 Å². The first-order chi connectivity index (χ1) is 16.2. The van der Waals surface area contributed by atoms with Crippen LogP contribution < -0.4 is 4.74 Å². The van der Waals surface area contributed by atoms with E-state index in [4.69, 9.17) is 9.84 Å². The lowest BCUT2D eigenvalue weighted by Crippen LogP contribution is -2.10. The summed E-state index contributed by atoms with van der Waals surface area (Å²) in [6.07, 6.45) is -3.64. The summed E-state index contributed by atoms with van der Waals surface area (Å²) in [5.41, 5.74) is 3.73. The third-order valence-corrected chi connectivity index (χ3v) is 6.48. The number of carboxylic acids is 1. The molecule has 0 saturated heterocycles. The molecule has 0 aliphatic rings. The second-order valence-corrected chi connectivity index (χ2v) is 8.78. The largest absolute Gasteiger partial charge is 0.482 e. The van der Waals surface area contributed by atoms with E-state index in [-0.39, 0.29) is 6.61 Å². The van der Waals surface area contributed by atoms with Crippen LogP contribution in [-0.4, -0.2) is 22.7 Å². The molecule has 0 aliphatic carbocycles. The molecule has 1 heterocycles. The monoisotopic (exact) mass is 485 g/mol. The molecule has 0 bridgehead atoms. The van der Waals surface area contributed by atoms with Gasteiger partial charge in [0.25, 0.3) is 0 Å². The summed E-state index contributed by atoms with van der Waals surface area (Å²) in [5.74, 6) is 0.249. The van der Waals surface area contributed by atoms with Gasteiger partial charge >= 0.3 is 12.1 Å². The van der Waals surface area contributed by atoms with E-state index in [0.29, 0.717) is 23.5 Å². The molecule has 34 heavy (non-hydrogen) atoms. The highest BCUT2D eigenvalue weighted by Gasteiger charge is 2.30. The number of benzene rings is 3. The Balaban J connectivity index is 1.53. The van der Waals surface area contributed by atoms with Crippen LogP contribution >= 0.6 is 11.8 Å². The molecule has 1 aromatic heterocycles. The number of carbonyl (C=O) groups is 1. The fourth-order valence-corrected chi connectivity index (χ4v) is 4.67. The minimum absolute atomic E-state index is 0.379. The second-order valence-electron chi connectivity index (χ2n) is 7.73. The number of aryl methyl sites for hydroxylation is 1. The molecule has 0 atom stereocenters. The minimum Gasteiger partial charge on any atom is -0.482 e. The standard InChI is InChI=1S/C26H22F3NO3S/c1-2-16-12-20(10-11-24(16)33-14-25(31)32)34-15-18-4-3-5-22-21(18)13-23(30-22)17-6-8-19(9-7-17)26(27,28)29/h3-13,30H,2,14-15H2,1H3,(H,31,32). The van der Waals surface area contributed by atoms with Crippen LogP contribution in [0.3, 0.4) is 0 Å². The van der Waals surface area contributed by atoms with Gasteiger partial charge in [0.15, 0.2) is 6.61 Å². The lowest BCUT2D eigenvalue weighted by molar-refractivity contribution is -0.139. The van der Waals surface area contributed by atoms with Gasteiger partial charge in [-0.3, -0.25) is 0 Å². The number of aromatic amines is 1. The molecule has 2 N–H and O–H groups in total. The van der Waals surface area contributed by atoms with Gasteiger partial charge in [-0.25, -0.2) is 4.79 Å². The van der Waals surface area contributed by atoms with Gasteiger partial charge in [-0.15, -0.1) is 11.8 Å². The van der Waals surface area contributed by atoms with E-state index < -0.39 is 17.7 Å². The summed E-state index contributed by atoms with van der Waals surface area (Å²) in [7, 11) is 0. The molecule has 0 radical (unpaired) electrons. The first-order valence-electron chi connectivity index (χ1n) is 10.6. The molecule has 176 valence electrons. The van der Waals surface area contributed by atoms with Crippen molar-refractivity contribution >= 4 is 28.6 Å². The van der Waals surface area contributed by atoms with E-state index in [9.17, 15) is 18.0 Å². The topological polar surface area (TPSA) is 62.3 Å². The van der Waals surface area contributed by atoms with Crippen molar-refractivity contribution in [1.82, 2.24) is 4.98 Å². The van der Waals surface area contributed by atoms with Crippen LogP contribution in [0.5, 0.6) is 5.75 Å². The zero-order chi connectivity index (χ0) is 24.3. The highest BCUT2D eigenvalue weighted by atomic mass is 32.2. The lowest BCUT2D eigenvalue weighted by Gasteiger charge is -2.11. The van der Waals surface area contributed by atoms with Gasteiger partial charge in [0.05, 0.1) is 5.56 Å². The molecule has 0 aliphatic heterocycles. The van der Waals surface area contributed by atoms with Crippen LogP contribution in [0.1, 0.15) is 23.6 Å². The Morgan fingerprint density at radius 3 is 2.47 bits per heavy atom. The number of alkyl halides is 3. The number of H-pyrrole nitrogens is 1. The van der Waals surface area contributed by atoms with Crippen LogP contribution in [0.4, 0.5) is 13.2 Å². The van der Waals surface area contributed by atoms with Crippen LogP contribution in [-0.2, 0) is 23.1 Å². The molecule has 4 rings (SSSR count). The molecule has 3 aromatic carbocycles. The summed E-state index contributed by atoms with van der Waals surface area (Å²) in [4.78, 5) is 15.1. The summed E-state index contributed by atoms with van der Waals surface area (Å²) >= 11 is 1.65. The lowest BCUT2D eigenvalue weighted by atomic mass is 10.1. The SMILES string of the molecule is CCc1cc(SCc2cccc3[nH]c(-c4ccc(C(F)(F)F)cc4)cc23)ccc1OCC(=O)O. The molecular formula is C26H22F3NO3S. The Morgan fingerprint density at radius 2 is 1.79 bits per heavy atom. The molecular weight excluding hydrogens is 463 g/mol. The van der Waals surface area contributed by atoms with Crippen molar-refractivity contribution in [1.29, 1.82) is 0 Å². The number of ether oxygens (including phenoxy) is 1. The van der Waals surface area contributed by atoms with Crippen molar-refractivity contribution in [2.75, 3.05) is 6.61 Å². The van der Waals surface area contributed by atoms with E-state index in [0.717, 1.165) is 44.8 Å². The number of hydrogen-bond donors (Lipinski definition) is 2. The van der Waals surface area contributed by atoms with Crippen molar-refractivity contribution < 1.29 is 27.8 Å².